The zero-order valence-electron chi connectivity index (χ0n) is 21.6. The van der Waals surface area contributed by atoms with E-state index in [4.69, 9.17) is 0 Å². The summed E-state index contributed by atoms with van der Waals surface area (Å²) in [5, 5.41) is 18.9. The fraction of sp³-hybridized carbons (Fsp3) is 0.607. The van der Waals surface area contributed by atoms with E-state index in [2.05, 4.69) is 45.2 Å². The molecule has 2 rings (SSSR count). The van der Waals surface area contributed by atoms with Crippen molar-refractivity contribution in [2.75, 3.05) is 29.0 Å². The minimum atomic E-state index is 0.0241. The molecule has 0 atom stereocenters. The van der Waals surface area contributed by atoms with Crippen LogP contribution in [0.4, 0.5) is 16.0 Å². The molecule has 7 heteroatoms. The van der Waals surface area contributed by atoms with E-state index in [0.717, 1.165) is 36.8 Å². The molecule has 1 amide bonds. The van der Waals surface area contributed by atoms with Crippen molar-refractivity contribution in [3.63, 3.8) is 0 Å². The van der Waals surface area contributed by atoms with Crippen molar-refractivity contribution in [3.8, 4) is 0 Å². The van der Waals surface area contributed by atoms with Crippen LogP contribution in [-0.2, 0) is 4.79 Å². The van der Waals surface area contributed by atoms with Crippen molar-refractivity contribution in [3.05, 3.63) is 42.5 Å². The highest BCUT2D eigenvalue weighted by Gasteiger charge is 2.07. The number of anilines is 3. The molecule has 0 fully saturated rings. The zero-order valence-corrected chi connectivity index (χ0v) is 22.4. The standard InChI is InChI=1S/C28H45N5OS/c1-2-3-4-5-6-7-8-9-10-11-12-13-14-15-19-22-26(34)31-28-33-32-27(35-28)30-24-23-29-25-20-17-16-18-21-25/h9-10,16-18,20-21,29H,2-8,11-15,19,22-24H2,1H3,(H,30,32)(H,31,33,34). The van der Waals surface area contributed by atoms with Crippen molar-refractivity contribution in [2.24, 2.45) is 0 Å². The van der Waals surface area contributed by atoms with Crippen molar-refractivity contribution in [2.45, 2.75) is 96.8 Å². The van der Waals surface area contributed by atoms with Crippen LogP contribution in [0.1, 0.15) is 96.8 Å². The summed E-state index contributed by atoms with van der Waals surface area (Å²) in [4.78, 5) is 12.2. The van der Waals surface area contributed by atoms with Gasteiger partial charge < -0.3 is 16.0 Å². The first-order chi connectivity index (χ1) is 17.3. The number of hydrogen-bond donors (Lipinski definition) is 3. The maximum absolute atomic E-state index is 12.2. The van der Waals surface area contributed by atoms with Gasteiger partial charge in [-0.1, -0.05) is 100.0 Å². The van der Waals surface area contributed by atoms with Crippen LogP contribution in [0.5, 0.6) is 0 Å². The lowest BCUT2D eigenvalue weighted by atomic mass is 10.1. The molecule has 194 valence electrons. The fourth-order valence-electron chi connectivity index (χ4n) is 3.82. The quantitative estimate of drug-likeness (QED) is 0.120. The largest absolute Gasteiger partial charge is 0.383 e. The van der Waals surface area contributed by atoms with Gasteiger partial charge in [0.15, 0.2) is 0 Å². The van der Waals surface area contributed by atoms with Gasteiger partial charge in [-0.3, -0.25) is 4.79 Å². The van der Waals surface area contributed by atoms with Gasteiger partial charge in [0.2, 0.25) is 16.2 Å². The third kappa shape index (κ3) is 15.2. The minimum Gasteiger partial charge on any atom is -0.383 e. The first kappa shape index (κ1) is 28.8. The molecule has 0 saturated heterocycles. The Hall–Kier alpha value is -2.41. The summed E-state index contributed by atoms with van der Waals surface area (Å²) in [7, 11) is 0. The van der Waals surface area contributed by atoms with Gasteiger partial charge in [0.25, 0.3) is 0 Å². The molecule has 0 aliphatic rings. The van der Waals surface area contributed by atoms with E-state index in [1.54, 1.807) is 0 Å². The highest BCUT2D eigenvalue weighted by molar-refractivity contribution is 7.19. The Labute approximate surface area is 216 Å². The number of benzene rings is 1. The van der Waals surface area contributed by atoms with E-state index >= 15 is 0 Å². The normalized spacial score (nSPS) is 11.1. The van der Waals surface area contributed by atoms with Gasteiger partial charge in [-0.05, 0) is 44.2 Å². The summed E-state index contributed by atoms with van der Waals surface area (Å²) < 4.78 is 0. The highest BCUT2D eigenvalue weighted by atomic mass is 32.1. The molecule has 1 aromatic heterocycles. The summed E-state index contributed by atoms with van der Waals surface area (Å²) in [6.45, 7) is 3.77. The Balaban J connectivity index is 1.40. The summed E-state index contributed by atoms with van der Waals surface area (Å²) >= 11 is 1.37. The Morgan fingerprint density at radius 3 is 2.09 bits per heavy atom. The molecular weight excluding hydrogens is 454 g/mol. The number of rotatable bonds is 21. The molecule has 0 bridgehead atoms. The smallest absolute Gasteiger partial charge is 0.226 e. The molecule has 0 aliphatic heterocycles. The number of aromatic nitrogens is 2. The van der Waals surface area contributed by atoms with E-state index in [1.807, 2.05) is 30.3 Å². The lowest BCUT2D eigenvalue weighted by Gasteiger charge is -2.06. The Morgan fingerprint density at radius 2 is 1.37 bits per heavy atom. The topological polar surface area (TPSA) is 78.9 Å². The molecule has 0 radical (unpaired) electrons. The number of hydrogen-bond acceptors (Lipinski definition) is 6. The SMILES string of the molecule is CCCCCCCCC=CCCCCCCCC(=O)Nc1nnc(NCCNc2ccccc2)s1. The highest BCUT2D eigenvalue weighted by Crippen LogP contribution is 2.20. The Morgan fingerprint density at radius 1 is 0.771 bits per heavy atom. The average molecular weight is 500 g/mol. The van der Waals surface area contributed by atoms with Gasteiger partial charge >= 0.3 is 0 Å². The monoisotopic (exact) mass is 499 g/mol. The maximum Gasteiger partial charge on any atom is 0.226 e. The number of unbranched alkanes of at least 4 members (excludes halogenated alkanes) is 11. The summed E-state index contributed by atoms with van der Waals surface area (Å²) in [5.41, 5.74) is 1.09. The molecule has 2 aromatic rings. The number of allylic oxidation sites excluding steroid dienone is 2. The second-order valence-electron chi connectivity index (χ2n) is 9.01. The summed E-state index contributed by atoms with van der Waals surface area (Å²) in [5.74, 6) is 0.0241. The molecule has 3 N–H and O–H groups in total. The van der Waals surface area contributed by atoms with Gasteiger partial charge in [0.05, 0.1) is 0 Å². The van der Waals surface area contributed by atoms with E-state index in [-0.39, 0.29) is 5.91 Å². The van der Waals surface area contributed by atoms with Gasteiger partial charge in [0.1, 0.15) is 0 Å². The molecular formula is C28H45N5OS. The minimum absolute atomic E-state index is 0.0241. The van der Waals surface area contributed by atoms with Crippen LogP contribution < -0.4 is 16.0 Å². The van der Waals surface area contributed by atoms with Gasteiger partial charge in [-0.15, -0.1) is 10.2 Å². The molecule has 0 saturated carbocycles. The van der Waals surface area contributed by atoms with E-state index < -0.39 is 0 Å². The average Bonchev–Trinajstić information content (AvgIpc) is 3.32. The number of carbonyl (C=O) groups excluding carboxylic acids is 1. The maximum atomic E-state index is 12.2. The van der Waals surface area contributed by atoms with Gasteiger partial charge in [-0.2, -0.15) is 0 Å². The van der Waals surface area contributed by atoms with Crippen molar-refractivity contribution >= 4 is 33.2 Å². The van der Waals surface area contributed by atoms with Gasteiger partial charge in [-0.25, -0.2) is 0 Å². The third-order valence-electron chi connectivity index (χ3n) is 5.84. The van der Waals surface area contributed by atoms with E-state index in [9.17, 15) is 4.79 Å². The number of nitrogens with one attached hydrogen (secondary N) is 3. The van der Waals surface area contributed by atoms with Crippen LogP contribution >= 0.6 is 11.3 Å². The fourth-order valence-corrected chi connectivity index (χ4v) is 4.50. The van der Waals surface area contributed by atoms with E-state index in [0.29, 0.717) is 11.6 Å². The molecule has 0 spiro atoms. The first-order valence-corrected chi connectivity index (χ1v) is 14.4. The molecule has 1 aromatic carbocycles. The van der Waals surface area contributed by atoms with Crippen LogP contribution in [0, 0.1) is 0 Å². The van der Waals surface area contributed by atoms with Crippen LogP contribution in [0.3, 0.4) is 0 Å². The number of amides is 1. The molecule has 0 aliphatic carbocycles. The molecule has 35 heavy (non-hydrogen) atoms. The second kappa shape index (κ2) is 19.8. The number of para-hydroxylation sites is 1. The number of nitrogens with zero attached hydrogens (tertiary/aromatic N) is 2. The summed E-state index contributed by atoms with van der Waals surface area (Å²) in [6.07, 6.45) is 21.6. The van der Waals surface area contributed by atoms with Crippen molar-refractivity contribution in [1.29, 1.82) is 0 Å². The van der Waals surface area contributed by atoms with Crippen LogP contribution in [0.25, 0.3) is 0 Å². The zero-order chi connectivity index (χ0) is 24.8. The van der Waals surface area contributed by atoms with Crippen LogP contribution in [0.2, 0.25) is 0 Å². The lowest BCUT2D eigenvalue weighted by Crippen LogP contribution is -2.13. The van der Waals surface area contributed by atoms with Crippen LogP contribution in [0.15, 0.2) is 42.5 Å². The van der Waals surface area contributed by atoms with Crippen molar-refractivity contribution in [1.82, 2.24) is 10.2 Å². The molecule has 0 unspecified atom stereocenters. The van der Waals surface area contributed by atoms with Crippen LogP contribution in [-0.4, -0.2) is 29.2 Å². The predicted molar refractivity (Wildman–Crippen MR) is 151 cm³/mol. The molecule has 6 nitrogen and oxygen atoms in total. The first-order valence-electron chi connectivity index (χ1n) is 13.6. The van der Waals surface area contributed by atoms with Crippen molar-refractivity contribution < 1.29 is 4.79 Å². The Kier molecular flexibility index (Phi) is 16.3. The summed E-state index contributed by atoms with van der Waals surface area (Å²) in [6, 6.07) is 10.1. The van der Waals surface area contributed by atoms with E-state index in [1.165, 1.54) is 82.0 Å². The molecule has 1 heterocycles. The second-order valence-corrected chi connectivity index (χ2v) is 9.99. The lowest BCUT2D eigenvalue weighted by molar-refractivity contribution is -0.116. The Bertz CT molecular complexity index is 809. The van der Waals surface area contributed by atoms with Gasteiger partial charge in [0, 0.05) is 25.2 Å². The predicted octanol–water partition coefficient (Wildman–Crippen LogP) is 8.04. The third-order valence-corrected chi connectivity index (χ3v) is 6.64. The number of carbonyl (C=O) groups is 1.